The van der Waals surface area contributed by atoms with Crippen LogP contribution in [0.3, 0.4) is 0 Å². The molecule has 7 nitrogen and oxygen atoms in total. The second kappa shape index (κ2) is 5.64. The van der Waals surface area contributed by atoms with Crippen molar-refractivity contribution in [1.29, 1.82) is 0 Å². The number of carbonyl (C=O) groups excluding carboxylic acids is 1. The van der Waals surface area contributed by atoms with Crippen LogP contribution in [0.15, 0.2) is 24.5 Å². The third-order valence-corrected chi connectivity index (χ3v) is 3.48. The first kappa shape index (κ1) is 14.9. The fourth-order valence-electron chi connectivity index (χ4n) is 2.20. The predicted molar refractivity (Wildman–Crippen MR) is 82.1 cm³/mol. The summed E-state index contributed by atoms with van der Waals surface area (Å²) in [7, 11) is 2.92. The van der Waals surface area contributed by atoms with Crippen molar-refractivity contribution in [1.82, 2.24) is 19.9 Å². The number of anilines is 1. The highest BCUT2D eigenvalue weighted by atomic mass is 19.1. The van der Waals surface area contributed by atoms with Crippen LogP contribution in [-0.4, -0.2) is 40.0 Å². The molecule has 0 unspecified atom stereocenters. The second-order valence-corrected chi connectivity index (χ2v) is 4.92. The molecule has 3 rings (SSSR count). The first-order valence-electron chi connectivity index (χ1n) is 6.80. The van der Waals surface area contributed by atoms with Gasteiger partial charge in [-0.15, -0.1) is 0 Å². The van der Waals surface area contributed by atoms with Gasteiger partial charge in [0.1, 0.15) is 5.52 Å². The summed E-state index contributed by atoms with van der Waals surface area (Å²) in [5.74, 6) is -0.844. The molecule has 0 aliphatic heterocycles. The Hall–Kier alpha value is -3.03. The summed E-state index contributed by atoms with van der Waals surface area (Å²) in [6, 6.07) is 4.16. The van der Waals surface area contributed by atoms with Crippen LogP contribution in [0.4, 0.5) is 10.1 Å². The molecule has 2 aromatic heterocycles. The van der Waals surface area contributed by atoms with Crippen LogP contribution in [-0.2, 0) is 0 Å². The smallest absolute Gasteiger partial charge is 0.295 e. The average molecular weight is 315 g/mol. The van der Waals surface area contributed by atoms with E-state index < -0.39 is 11.7 Å². The first-order chi connectivity index (χ1) is 11.0. The van der Waals surface area contributed by atoms with E-state index in [0.717, 1.165) is 0 Å². The lowest BCUT2D eigenvalue weighted by molar-refractivity contribution is 0.0983. The third kappa shape index (κ3) is 2.59. The molecular formula is C15H14FN5O2. The fraction of sp³-hybridized carbons (Fsp3) is 0.200. The molecule has 8 heteroatoms. The molecule has 1 aromatic carbocycles. The van der Waals surface area contributed by atoms with Gasteiger partial charge in [0, 0.05) is 18.8 Å². The van der Waals surface area contributed by atoms with Crippen molar-refractivity contribution in [2.75, 3.05) is 19.1 Å². The molecule has 0 saturated heterocycles. The maximum absolute atomic E-state index is 13.5. The summed E-state index contributed by atoms with van der Waals surface area (Å²) in [5, 5.41) is 0. The number of amides is 1. The van der Waals surface area contributed by atoms with E-state index in [1.54, 1.807) is 14.0 Å². The quantitative estimate of drug-likeness (QED) is 0.800. The summed E-state index contributed by atoms with van der Waals surface area (Å²) in [6.07, 6.45) is 1.50. The molecule has 0 fully saturated rings. The van der Waals surface area contributed by atoms with Gasteiger partial charge in [-0.2, -0.15) is 0 Å². The number of hydrogen-bond donors (Lipinski definition) is 1. The van der Waals surface area contributed by atoms with Gasteiger partial charge in [-0.05, 0) is 19.1 Å². The van der Waals surface area contributed by atoms with Crippen molar-refractivity contribution in [2.24, 2.45) is 0 Å². The maximum atomic E-state index is 13.5. The van der Waals surface area contributed by atoms with Gasteiger partial charge in [-0.3, -0.25) is 4.79 Å². The van der Waals surface area contributed by atoms with Crippen LogP contribution >= 0.6 is 0 Å². The van der Waals surface area contributed by atoms with Gasteiger partial charge in [0.15, 0.2) is 17.2 Å². The zero-order chi connectivity index (χ0) is 16.6. The van der Waals surface area contributed by atoms with Crippen LogP contribution in [0.2, 0.25) is 0 Å². The van der Waals surface area contributed by atoms with Crippen LogP contribution < -0.4 is 9.64 Å². The monoisotopic (exact) mass is 315 g/mol. The summed E-state index contributed by atoms with van der Waals surface area (Å²) in [4.78, 5) is 29.2. The van der Waals surface area contributed by atoms with E-state index in [2.05, 4.69) is 19.9 Å². The molecule has 0 aliphatic rings. The van der Waals surface area contributed by atoms with E-state index in [1.807, 2.05) is 0 Å². The van der Waals surface area contributed by atoms with Gasteiger partial charge in [0.25, 0.3) is 5.91 Å². The molecule has 23 heavy (non-hydrogen) atoms. The van der Waals surface area contributed by atoms with E-state index >= 15 is 0 Å². The van der Waals surface area contributed by atoms with E-state index in [4.69, 9.17) is 4.74 Å². The number of nitrogens with one attached hydrogen (secondary N) is 1. The number of carbonyl (C=O) groups is 1. The molecule has 3 aromatic rings. The zero-order valence-corrected chi connectivity index (χ0v) is 12.8. The van der Waals surface area contributed by atoms with Crippen molar-refractivity contribution in [3.63, 3.8) is 0 Å². The Labute approximate surface area is 131 Å². The number of aromatic amines is 1. The highest BCUT2D eigenvalue weighted by Gasteiger charge is 2.20. The Balaban J connectivity index is 1.97. The number of rotatable bonds is 3. The van der Waals surface area contributed by atoms with E-state index in [-0.39, 0.29) is 11.6 Å². The number of aryl methyl sites for hydroxylation is 1. The molecular weight excluding hydrogens is 301 g/mol. The third-order valence-electron chi connectivity index (χ3n) is 3.48. The van der Waals surface area contributed by atoms with Crippen LogP contribution in [0.25, 0.3) is 11.2 Å². The van der Waals surface area contributed by atoms with Gasteiger partial charge in [0.2, 0.25) is 5.82 Å². The van der Waals surface area contributed by atoms with Crippen molar-refractivity contribution >= 4 is 22.8 Å². The summed E-state index contributed by atoms with van der Waals surface area (Å²) < 4.78 is 18.4. The van der Waals surface area contributed by atoms with Crippen LogP contribution in [0, 0.1) is 12.7 Å². The molecule has 0 atom stereocenters. The number of fused-ring (bicyclic) bond motifs is 1. The minimum Gasteiger partial charge on any atom is -0.494 e. The lowest BCUT2D eigenvalue weighted by atomic mass is 10.2. The normalized spacial score (nSPS) is 10.8. The van der Waals surface area contributed by atoms with E-state index in [0.29, 0.717) is 22.5 Å². The van der Waals surface area contributed by atoms with Crippen molar-refractivity contribution < 1.29 is 13.9 Å². The Morgan fingerprint density at radius 1 is 1.35 bits per heavy atom. The van der Waals surface area contributed by atoms with Crippen LogP contribution in [0.1, 0.15) is 16.3 Å². The lowest BCUT2D eigenvalue weighted by Gasteiger charge is -2.17. The number of halogens is 1. The molecule has 1 amide bonds. The Bertz CT molecular complexity index is 893. The minimum absolute atomic E-state index is 0.0212. The molecule has 0 saturated carbocycles. The summed E-state index contributed by atoms with van der Waals surface area (Å²) in [6.45, 7) is 1.76. The number of benzene rings is 1. The molecule has 0 radical (unpaired) electrons. The second-order valence-electron chi connectivity index (χ2n) is 4.92. The highest BCUT2D eigenvalue weighted by Crippen LogP contribution is 2.24. The Morgan fingerprint density at radius 3 is 2.87 bits per heavy atom. The van der Waals surface area contributed by atoms with Gasteiger partial charge in [-0.1, -0.05) is 0 Å². The van der Waals surface area contributed by atoms with Crippen molar-refractivity contribution in [3.8, 4) is 5.75 Å². The number of hydrogen-bond acceptors (Lipinski definition) is 5. The Kier molecular flexibility index (Phi) is 3.65. The van der Waals surface area contributed by atoms with Crippen molar-refractivity contribution in [3.05, 3.63) is 41.9 Å². The SMILES string of the molecule is COc1cc(N(C)C(=O)c2nc(C)c3[nH]cnc3n2)ccc1F. The number of nitrogens with zero attached hydrogens (tertiary/aromatic N) is 4. The number of aromatic nitrogens is 4. The molecule has 118 valence electrons. The lowest BCUT2D eigenvalue weighted by Crippen LogP contribution is -2.28. The molecule has 0 spiro atoms. The van der Waals surface area contributed by atoms with E-state index in [9.17, 15) is 9.18 Å². The maximum Gasteiger partial charge on any atom is 0.295 e. The zero-order valence-electron chi connectivity index (χ0n) is 12.8. The Morgan fingerprint density at radius 2 is 2.13 bits per heavy atom. The molecule has 0 bridgehead atoms. The van der Waals surface area contributed by atoms with Crippen LogP contribution in [0.5, 0.6) is 5.75 Å². The molecule has 2 heterocycles. The minimum atomic E-state index is -0.498. The highest BCUT2D eigenvalue weighted by molar-refractivity contribution is 6.04. The predicted octanol–water partition coefficient (Wildman–Crippen LogP) is 2.09. The largest absolute Gasteiger partial charge is 0.494 e. The van der Waals surface area contributed by atoms with Gasteiger partial charge < -0.3 is 14.6 Å². The van der Waals surface area contributed by atoms with Gasteiger partial charge in [0.05, 0.1) is 19.1 Å². The summed E-state index contributed by atoms with van der Waals surface area (Å²) in [5.41, 5.74) is 2.20. The average Bonchev–Trinajstić information content (AvgIpc) is 3.03. The van der Waals surface area contributed by atoms with Crippen molar-refractivity contribution in [2.45, 2.75) is 6.92 Å². The standard InChI is InChI=1S/C15H14FN5O2/c1-8-12-13(18-7-17-12)20-14(19-8)15(22)21(2)9-4-5-10(16)11(6-9)23-3/h4-7H,1-3H3,(H,17,18,19,20). The van der Waals surface area contributed by atoms with Gasteiger partial charge >= 0.3 is 0 Å². The number of ether oxygens (including phenoxy) is 1. The summed E-state index contributed by atoms with van der Waals surface area (Å²) >= 11 is 0. The first-order valence-corrected chi connectivity index (χ1v) is 6.80. The number of H-pyrrole nitrogens is 1. The molecule has 0 aliphatic carbocycles. The number of methoxy groups -OCH3 is 1. The van der Waals surface area contributed by atoms with Gasteiger partial charge in [-0.25, -0.2) is 19.3 Å². The van der Waals surface area contributed by atoms with E-state index in [1.165, 1.54) is 36.5 Å². The topological polar surface area (TPSA) is 84.0 Å². The number of imidazole rings is 1. The molecule has 1 N–H and O–H groups in total. The fourth-order valence-corrected chi connectivity index (χ4v) is 2.20.